The van der Waals surface area contributed by atoms with Gasteiger partial charge in [-0.1, -0.05) is 20.8 Å². The lowest BCUT2D eigenvalue weighted by molar-refractivity contribution is 0.113. The van der Waals surface area contributed by atoms with Crippen LogP contribution in [0.4, 0.5) is 5.82 Å². The quantitative estimate of drug-likeness (QED) is 0.519. The summed E-state index contributed by atoms with van der Waals surface area (Å²) in [6.45, 7) is 14.3. The molecule has 0 aliphatic heterocycles. The third-order valence-electron chi connectivity index (χ3n) is 5.56. The number of ether oxygens (including phenoxy) is 1. The van der Waals surface area contributed by atoms with Crippen LogP contribution in [0, 0.1) is 13.8 Å². The third-order valence-corrected chi connectivity index (χ3v) is 5.56. The Morgan fingerprint density at radius 1 is 1.10 bits per heavy atom. The van der Waals surface area contributed by atoms with Crippen molar-refractivity contribution in [3.05, 3.63) is 41.2 Å². The molecule has 0 fully saturated rings. The Morgan fingerprint density at radius 2 is 1.86 bits per heavy atom. The molecule has 0 bridgehead atoms. The first-order valence-corrected chi connectivity index (χ1v) is 10.7. The van der Waals surface area contributed by atoms with E-state index in [0.717, 1.165) is 53.5 Å². The fourth-order valence-electron chi connectivity index (χ4n) is 3.83. The molecule has 0 aromatic carbocycles. The van der Waals surface area contributed by atoms with Crippen molar-refractivity contribution in [3.8, 4) is 11.3 Å². The number of anilines is 1. The molecule has 0 amide bonds. The van der Waals surface area contributed by atoms with E-state index in [0.29, 0.717) is 12.0 Å². The van der Waals surface area contributed by atoms with E-state index in [1.165, 1.54) is 11.1 Å². The van der Waals surface area contributed by atoms with E-state index in [4.69, 9.17) is 14.7 Å². The van der Waals surface area contributed by atoms with Crippen LogP contribution in [0.2, 0.25) is 0 Å². The topological polar surface area (TPSA) is 52.0 Å². The van der Waals surface area contributed by atoms with Gasteiger partial charge in [-0.3, -0.25) is 0 Å². The van der Waals surface area contributed by atoms with Gasteiger partial charge in [-0.05, 0) is 62.4 Å². The first kappa shape index (κ1) is 21.3. The highest BCUT2D eigenvalue weighted by Gasteiger charge is 2.19. The standard InChI is InChI=1S/C24H34N4O/c1-8-18(14-29-9-2)28-13-17(6)23-21(28)12-16(5)22(27-23)19-10-11-20(15(3)4)26-24(19)25-7/h10-13,15,18H,8-9,14H2,1-7H3,(H,25,26)/t18-/m0/s1. The van der Waals surface area contributed by atoms with Gasteiger partial charge in [0.25, 0.3) is 0 Å². The molecule has 1 N–H and O–H groups in total. The molecule has 1 atom stereocenters. The molecule has 0 aliphatic carbocycles. The predicted molar refractivity (Wildman–Crippen MR) is 122 cm³/mol. The van der Waals surface area contributed by atoms with Crippen molar-refractivity contribution in [2.24, 2.45) is 0 Å². The summed E-state index contributed by atoms with van der Waals surface area (Å²) in [7, 11) is 1.92. The number of nitrogens with zero attached hydrogens (tertiary/aromatic N) is 3. The number of hydrogen-bond acceptors (Lipinski definition) is 4. The van der Waals surface area contributed by atoms with E-state index in [-0.39, 0.29) is 0 Å². The molecule has 0 saturated heterocycles. The van der Waals surface area contributed by atoms with Gasteiger partial charge in [0, 0.05) is 31.1 Å². The van der Waals surface area contributed by atoms with Gasteiger partial charge >= 0.3 is 0 Å². The Kier molecular flexibility index (Phi) is 6.58. The number of aromatic nitrogens is 3. The van der Waals surface area contributed by atoms with Crippen molar-refractivity contribution in [3.63, 3.8) is 0 Å². The van der Waals surface area contributed by atoms with Crippen LogP contribution < -0.4 is 5.32 Å². The second kappa shape index (κ2) is 8.95. The summed E-state index contributed by atoms with van der Waals surface area (Å²) in [6, 6.07) is 6.83. The molecule has 3 aromatic rings. The number of pyridine rings is 2. The Hall–Kier alpha value is -2.40. The Balaban J connectivity index is 2.13. The van der Waals surface area contributed by atoms with Crippen molar-refractivity contribution in [2.75, 3.05) is 25.6 Å². The van der Waals surface area contributed by atoms with Crippen molar-refractivity contribution in [1.29, 1.82) is 0 Å². The second-order valence-corrected chi connectivity index (χ2v) is 8.00. The highest BCUT2D eigenvalue weighted by atomic mass is 16.5. The molecule has 0 aliphatic rings. The van der Waals surface area contributed by atoms with E-state index in [1.54, 1.807) is 0 Å². The smallest absolute Gasteiger partial charge is 0.135 e. The summed E-state index contributed by atoms with van der Waals surface area (Å²) in [5, 5.41) is 3.26. The highest BCUT2D eigenvalue weighted by Crippen LogP contribution is 2.33. The third kappa shape index (κ3) is 4.15. The highest BCUT2D eigenvalue weighted by molar-refractivity contribution is 5.86. The Morgan fingerprint density at radius 3 is 2.48 bits per heavy atom. The van der Waals surface area contributed by atoms with Gasteiger partial charge in [-0.2, -0.15) is 0 Å². The fourth-order valence-corrected chi connectivity index (χ4v) is 3.83. The maximum Gasteiger partial charge on any atom is 0.135 e. The van der Waals surface area contributed by atoms with Crippen LogP contribution in [-0.2, 0) is 4.74 Å². The SMILES string of the molecule is CCOC[C@H](CC)n1cc(C)c2nc(-c3ccc(C(C)C)nc3NC)c(C)cc21. The number of fused-ring (bicyclic) bond motifs is 1. The first-order chi connectivity index (χ1) is 13.9. The lowest BCUT2D eigenvalue weighted by Crippen LogP contribution is -2.14. The summed E-state index contributed by atoms with van der Waals surface area (Å²) < 4.78 is 8.06. The minimum atomic E-state index is 0.318. The van der Waals surface area contributed by atoms with Crippen molar-refractivity contribution >= 4 is 16.9 Å². The lowest BCUT2D eigenvalue weighted by Gasteiger charge is -2.19. The van der Waals surface area contributed by atoms with E-state index in [9.17, 15) is 0 Å². The molecule has 0 spiro atoms. The summed E-state index contributed by atoms with van der Waals surface area (Å²) in [4.78, 5) is 9.92. The number of hydrogen-bond donors (Lipinski definition) is 1. The van der Waals surface area contributed by atoms with Crippen LogP contribution in [0.3, 0.4) is 0 Å². The van der Waals surface area contributed by atoms with Gasteiger partial charge in [0.1, 0.15) is 5.82 Å². The molecule has 3 rings (SSSR count). The molecule has 29 heavy (non-hydrogen) atoms. The van der Waals surface area contributed by atoms with E-state index >= 15 is 0 Å². The fraction of sp³-hybridized carbons (Fsp3) is 0.500. The van der Waals surface area contributed by atoms with E-state index < -0.39 is 0 Å². The van der Waals surface area contributed by atoms with Gasteiger partial charge in [-0.25, -0.2) is 9.97 Å². The minimum absolute atomic E-state index is 0.318. The maximum atomic E-state index is 5.73. The predicted octanol–water partition coefficient (Wildman–Crippen LogP) is 5.87. The molecule has 0 unspecified atom stereocenters. The summed E-state index contributed by atoms with van der Waals surface area (Å²) in [5.41, 5.74) is 7.69. The molecule has 5 nitrogen and oxygen atoms in total. The van der Waals surface area contributed by atoms with Crippen LogP contribution in [0.1, 0.15) is 62.9 Å². The lowest BCUT2D eigenvalue weighted by atomic mass is 10.0. The monoisotopic (exact) mass is 394 g/mol. The minimum Gasteiger partial charge on any atom is -0.380 e. The zero-order valence-corrected chi connectivity index (χ0v) is 18.8. The van der Waals surface area contributed by atoms with E-state index in [1.807, 2.05) is 14.0 Å². The van der Waals surface area contributed by atoms with Crippen molar-refractivity contribution in [1.82, 2.24) is 14.5 Å². The normalized spacial score (nSPS) is 12.7. The molecule has 5 heteroatoms. The van der Waals surface area contributed by atoms with Gasteiger partial charge in [0.15, 0.2) is 0 Å². The molecular formula is C24H34N4O. The van der Waals surface area contributed by atoms with Crippen LogP contribution in [-0.4, -0.2) is 34.8 Å². The molecule has 3 aromatic heterocycles. The van der Waals surface area contributed by atoms with Crippen molar-refractivity contribution in [2.45, 2.75) is 59.9 Å². The summed E-state index contributed by atoms with van der Waals surface area (Å²) >= 11 is 0. The summed E-state index contributed by atoms with van der Waals surface area (Å²) in [6.07, 6.45) is 3.24. The number of rotatable bonds is 8. The average Bonchev–Trinajstić information content (AvgIpc) is 3.03. The van der Waals surface area contributed by atoms with Gasteiger partial charge in [0.2, 0.25) is 0 Å². The molecule has 0 radical (unpaired) electrons. The Bertz CT molecular complexity index is 990. The van der Waals surface area contributed by atoms with Crippen molar-refractivity contribution < 1.29 is 4.74 Å². The van der Waals surface area contributed by atoms with Crippen LogP contribution in [0.25, 0.3) is 22.3 Å². The molecular weight excluding hydrogens is 360 g/mol. The zero-order valence-electron chi connectivity index (χ0n) is 18.8. The van der Waals surface area contributed by atoms with Crippen LogP contribution >= 0.6 is 0 Å². The average molecular weight is 395 g/mol. The second-order valence-electron chi connectivity index (χ2n) is 8.00. The number of aryl methyl sites for hydroxylation is 2. The van der Waals surface area contributed by atoms with Gasteiger partial charge in [0.05, 0.1) is 29.4 Å². The maximum absolute atomic E-state index is 5.73. The molecule has 156 valence electrons. The van der Waals surface area contributed by atoms with Gasteiger partial charge < -0.3 is 14.6 Å². The Labute approximate surface area is 174 Å². The number of nitrogens with one attached hydrogen (secondary N) is 1. The van der Waals surface area contributed by atoms with Gasteiger partial charge in [-0.15, -0.1) is 0 Å². The zero-order chi connectivity index (χ0) is 21.1. The molecule has 0 saturated carbocycles. The first-order valence-electron chi connectivity index (χ1n) is 10.7. The van der Waals surface area contributed by atoms with Crippen LogP contribution in [0.5, 0.6) is 0 Å². The summed E-state index contributed by atoms with van der Waals surface area (Å²) in [5.74, 6) is 1.27. The molecule has 3 heterocycles. The van der Waals surface area contributed by atoms with Crippen LogP contribution in [0.15, 0.2) is 24.4 Å². The van der Waals surface area contributed by atoms with E-state index in [2.05, 4.69) is 68.9 Å². The largest absolute Gasteiger partial charge is 0.380 e.